The number of aromatic nitrogens is 6. The quantitative estimate of drug-likeness (QED) is 0.184. The van der Waals surface area contributed by atoms with Crippen molar-refractivity contribution in [1.29, 1.82) is 0 Å². The predicted octanol–water partition coefficient (Wildman–Crippen LogP) is 3.87. The average Bonchev–Trinajstić information content (AvgIpc) is 3.52. The number of amides is 2. The predicted molar refractivity (Wildman–Crippen MR) is 180 cm³/mol. The maximum Gasteiger partial charge on any atom is 0.277 e. The molecule has 0 atom stereocenters. The summed E-state index contributed by atoms with van der Waals surface area (Å²) in [5.41, 5.74) is 10.4. The molecular formula is C34H42N8O5. The Morgan fingerprint density at radius 1 is 0.872 bits per heavy atom. The third kappa shape index (κ3) is 8.04. The zero-order valence-corrected chi connectivity index (χ0v) is 27.7. The van der Waals surface area contributed by atoms with Crippen LogP contribution >= 0.6 is 0 Å². The van der Waals surface area contributed by atoms with E-state index >= 15 is 0 Å². The summed E-state index contributed by atoms with van der Waals surface area (Å²) in [7, 11) is 6.61. The number of nitrogens with two attached hydrogens (primary N) is 1. The Morgan fingerprint density at radius 3 is 2.06 bits per heavy atom. The molecule has 0 unspecified atom stereocenters. The number of carbonyl (C=O) groups is 2. The van der Waals surface area contributed by atoms with E-state index in [4.69, 9.17) is 15.2 Å². The van der Waals surface area contributed by atoms with Gasteiger partial charge in [-0.25, -0.2) is 4.98 Å². The van der Waals surface area contributed by atoms with Crippen molar-refractivity contribution in [2.24, 2.45) is 19.8 Å². The molecule has 2 aromatic carbocycles. The number of hydrogen-bond donors (Lipinski definition) is 3. The fourth-order valence-electron chi connectivity index (χ4n) is 5.42. The van der Waals surface area contributed by atoms with E-state index < -0.39 is 5.91 Å². The zero-order chi connectivity index (χ0) is 34.1. The summed E-state index contributed by atoms with van der Waals surface area (Å²) in [4.78, 5) is 44.0. The number of anilines is 1. The summed E-state index contributed by atoms with van der Waals surface area (Å²) < 4.78 is 13.6. The smallest absolute Gasteiger partial charge is 0.277 e. The number of nitrogens with one attached hydrogen (secondary N) is 2. The first-order chi connectivity index (χ1) is 22.6. The van der Waals surface area contributed by atoms with Crippen LogP contribution < -0.4 is 26.1 Å². The molecule has 47 heavy (non-hydrogen) atoms. The van der Waals surface area contributed by atoms with Gasteiger partial charge in [-0.05, 0) is 25.0 Å². The molecule has 0 radical (unpaired) electrons. The van der Waals surface area contributed by atoms with E-state index in [0.717, 1.165) is 41.8 Å². The van der Waals surface area contributed by atoms with Crippen LogP contribution in [0.4, 0.5) is 5.69 Å². The Morgan fingerprint density at radius 2 is 1.45 bits per heavy atom. The number of fused-ring (bicyclic) bond motifs is 1. The van der Waals surface area contributed by atoms with E-state index in [1.54, 1.807) is 39.1 Å². The summed E-state index contributed by atoms with van der Waals surface area (Å²) in [6.45, 7) is 4.09. The lowest BCUT2D eigenvalue weighted by Gasteiger charge is -2.10. The zero-order valence-electron chi connectivity index (χ0n) is 27.7. The highest BCUT2D eigenvalue weighted by Gasteiger charge is 2.22. The number of benzene rings is 2. The minimum atomic E-state index is -0.625. The summed E-state index contributed by atoms with van der Waals surface area (Å²) in [5, 5.41) is 11.5. The summed E-state index contributed by atoms with van der Waals surface area (Å²) in [6.07, 6.45) is 3.89. The Balaban J connectivity index is 0.000000213. The van der Waals surface area contributed by atoms with Crippen molar-refractivity contribution in [1.82, 2.24) is 29.5 Å². The molecule has 3 heterocycles. The molecule has 0 aliphatic rings. The van der Waals surface area contributed by atoms with E-state index in [-0.39, 0.29) is 23.6 Å². The summed E-state index contributed by atoms with van der Waals surface area (Å²) >= 11 is 0. The van der Waals surface area contributed by atoms with Crippen molar-refractivity contribution in [2.45, 2.75) is 52.4 Å². The van der Waals surface area contributed by atoms with Crippen LogP contribution in [0.2, 0.25) is 0 Å². The molecular weight excluding hydrogens is 600 g/mol. The van der Waals surface area contributed by atoms with E-state index in [1.807, 2.05) is 49.4 Å². The molecule has 0 spiro atoms. The molecule has 13 heteroatoms. The second kappa shape index (κ2) is 15.7. The van der Waals surface area contributed by atoms with Gasteiger partial charge in [0.1, 0.15) is 28.5 Å². The van der Waals surface area contributed by atoms with Crippen LogP contribution in [0.5, 0.6) is 11.5 Å². The van der Waals surface area contributed by atoms with E-state index in [9.17, 15) is 14.4 Å². The molecule has 4 N–H and O–H groups in total. The molecule has 3 aromatic heterocycles. The molecule has 2 amide bonds. The van der Waals surface area contributed by atoms with Crippen LogP contribution in [0, 0.1) is 0 Å². The minimum absolute atomic E-state index is 0.128. The third-order valence-corrected chi connectivity index (χ3v) is 7.50. The molecule has 248 valence electrons. The molecule has 0 fully saturated rings. The van der Waals surface area contributed by atoms with Crippen molar-refractivity contribution in [3.63, 3.8) is 0 Å². The topological polar surface area (TPSA) is 172 Å². The number of nitrogens with zero attached hydrogens (tertiary/aromatic N) is 5. The second-order valence-corrected chi connectivity index (χ2v) is 11.0. The van der Waals surface area contributed by atoms with Gasteiger partial charge in [0.15, 0.2) is 5.52 Å². The highest BCUT2D eigenvalue weighted by Crippen LogP contribution is 2.24. The van der Waals surface area contributed by atoms with Gasteiger partial charge in [0.05, 0.1) is 37.7 Å². The van der Waals surface area contributed by atoms with Crippen LogP contribution in [0.3, 0.4) is 0 Å². The highest BCUT2D eigenvalue weighted by atomic mass is 16.5. The number of aryl methyl sites for hydroxylation is 4. The van der Waals surface area contributed by atoms with Gasteiger partial charge < -0.3 is 25.5 Å². The van der Waals surface area contributed by atoms with Gasteiger partial charge in [-0.2, -0.15) is 10.2 Å². The van der Waals surface area contributed by atoms with Gasteiger partial charge in [0, 0.05) is 31.6 Å². The number of methoxy groups -OCH3 is 2. The van der Waals surface area contributed by atoms with Crippen LogP contribution in [-0.4, -0.2) is 55.6 Å². The first kappa shape index (κ1) is 34.4. The number of aromatic amines is 1. The van der Waals surface area contributed by atoms with Crippen molar-refractivity contribution in [2.75, 3.05) is 19.5 Å². The first-order valence-electron chi connectivity index (χ1n) is 15.5. The Hall–Kier alpha value is -5.46. The Labute approximate surface area is 273 Å². The number of primary amides is 1. The monoisotopic (exact) mass is 642 g/mol. The van der Waals surface area contributed by atoms with Gasteiger partial charge in [-0.15, -0.1) is 0 Å². The number of ether oxygens (including phenoxy) is 2. The Bertz CT molecular complexity index is 1920. The molecule has 0 saturated heterocycles. The lowest BCUT2D eigenvalue weighted by Crippen LogP contribution is -2.21. The number of hydrogen-bond acceptors (Lipinski definition) is 8. The lowest BCUT2D eigenvalue weighted by atomic mass is 10.1. The molecule has 0 saturated carbocycles. The Kier molecular flexibility index (Phi) is 11.5. The van der Waals surface area contributed by atoms with E-state index in [0.29, 0.717) is 46.8 Å². The van der Waals surface area contributed by atoms with Crippen molar-refractivity contribution in [3.05, 3.63) is 92.9 Å². The maximum absolute atomic E-state index is 12.4. The SMILES string of the molecule is CCCc1nn(C)c(C(N)=O)c1NC(=O)Cc1ccccc1OC.CCCc1nn(C)c2c(=O)[nH]c(Cc3ccccc3OC)nc12. The fraction of sp³-hybridized carbons (Fsp3) is 0.353. The van der Waals surface area contributed by atoms with Crippen LogP contribution in [0.15, 0.2) is 53.3 Å². The number of para-hydroxylation sites is 2. The molecule has 0 bridgehead atoms. The minimum Gasteiger partial charge on any atom is -0.496 e. The number of rotatable bonds is 12. The highest BCUT2D eigenvalue weighted by molar-refractivity contribution is 6.03. The molecule has 13 nitrogen and oxygen atoms in total. The standard InChI is InChI=1S/C17H22N4O3.C17H20N4O2/c1-4-7-12-15(16(17(18)23)21(2)20-12)19-14(22)10-11-8-5-6-9-13(11)24-3;1-4-7-12-15-16(21(2)20-12)17(22)19-14(18-15)10-11-8-5-6-9-13(11)23-3/h5-6,8-9H,4,7,10H2,1-3H3,(H2,18,23)(H,19,22);5-6,8-9H,4,7,10H2,1-3H3,(H,18,19,22). The number of H-pyrrole nitrogens is 1. The van der Waals surface area contributed by atoms with Crippen molar-refractivity contribution >= 4 is 28.5 Å². The van der Waals surface area contributed by atoms with Crippen molar-refractivity contribution < 1.29 is 19.1 Å². The molecule has 5 rings (SSSR count). The molecule has 0 aliphatic heterocycles. The second-order valence-electron chi connectivity index (χ2n) is 11.0. The van der Waals surface area contributed by atoms with Gasteiger partial charge in [0.2, 0.25) is 5.91 Å². The van der Waals surface area contributed by atoms with Crippen LogP contribution in [0.25, 0.3) is 11.0 Å². The largest absolute Gasteiger partial charge is 0.496 e. The average molecular weight is 643 g/mol. The summed E-state index contributed by atoms with van der Waals surface area (Å²) in [6, 6.07) is 15.0. The first-order valence-corrected chi connectivity index (χ1v) is 15.5. The van der Waals surface area contributed by atoms with E-state index in [2.05, 4.69) is 32.4 Å². The molecule has 0 aliphatic carbocycles. The fourth-order valence-corrected chi connectivity index (χ4v) is 5.42. The maximum atomic E-state index is 12.4. The molecule has 5 aromatic rings. The summed E-state index contributed by atoms with van der Waals surface area (Å²) in [5.74, 6) is 1.17. The van der Waals surface area contributed by atoms with Crippen LogP contribution in [0.1, 0.15) is 65.5 Å². The van der Waals surface area contributed by atoms with Gasteiger partial charge in [-0.1, -0.05) is 63.1 Å². The van der Waals surface area contributed by atoms with Gasteiger partial charge >= 0.3 is 0 Å². The van der Waals surface area contributed by atoms with E-state index in [1.165, 1.54) is 4.68 Å². The van der Waals surface area contributed by atoms with Crippen LogP contribution in [-0.2, 0) is 44.6 Å². The lowest BCUT2D eigenvalue weighted by molar-refractivity contribution is -0.115. The third-order valence-electron chi connectivity index (χ3n) is 7.50. The van der Waals surface area contributed by atoms with Gasteiger partial charge in [-0.3, -0.25) is 23.7 Å². The number of carbonyl (C=O) groups excluding carboxylic acids is 2. The van der Waals surface area contributed by atoms with Gasteiger partial charge in [0.25, 0.3) is 11.5 Å². The van der Waals surface area contributed by atoms with Crippen molar-refractivity contribution in [3.8, 4) is 11.5 Å². The normalized spacial score (nSPS) is 10.8.